The van der Waals surface area contributed by atoms with E-state index < -0.39 is 15.7 Å². The molecule has 0 fully saturated rings. The molecule has 0 aliphatic carbocycles. The molecule has 7 nitrogen and oxygen atoms in total. The minimum Gasteiger partial charge on any atom is -0.497 e. The second-order valence-corrected chi connectivity index (χ2v) is 9.19. The van der Waals surface area contributed by atoms with Gasteiger partial charge in [0.1, 0.15) is 10.8 Å². The maximum atomic E-state index is 12.4. The van der Waals surface area contributed by atoms with Crippen LogP contribution in [0.25, 0.3) is 0 Å². The number of carbonyl (C=O) groups excluding carboxylic acids is 2. The first-order chi connectivity index (χ1) is 12.7. The first-order valence-electron chi connectivity index (χ1n) is 8.18. The van der Waals surface area contributed by atoms with E-state index in [1.165, 1.54) is 37.6 Å². The third-order valence-electron chi connectivity index (χ3n) is 4.11. The molecule has 0 aliphatic rings. The lowest BCUT2D eigenvalue weighted by Gasteiger charge is -2.08. The number of rotatable bonds is 7. The molecule has 2 amide bonds. The second-order valence-electron chi connectivity index (χ2n) is 5.86. The van der Waals surface area contributed by atoms with E-state index in [1.807, 2.05) is 6.92 Å². The molecule has 9 heteroatoms. The first-order valence-corrected chi connectivity index (χ1v) is 10.6. The van der Waals surface area contributed by atoms with Crippen molar-refractivity contribution in [1.82, 2.24) is 5.32 Å². The number of nitrogens with one attached hydrogen (secondary N) is 2. The zero-order valence-corrected chi connectivity index (χ0v) is 17.2. The smallest absolute Gasteiger partial charge is 0.254 e. The SMILES string of the molecule is CNC(=O)c1c(NC(=O)CCS(=O)(=O)c2ccc(OC)cc2)sc(C)c1C. The Morgan fingerprint density at radius 3 is 2.33 bits per heavy atom. The van der Waals surface area contributed by atoms with Crippen LogP contribution in [0.1, 0.15) is 27.2 Å². The Balaban J connectivity index is 2.08. The number of amides is 2. The van der Waals surface area contributed by atoms with Gasteiger partial charge in [0.25, 0.3) is 5.91 Å². The van der Waals surface area contributed by atoms with Gasteiger partial charge in [-0.15, -0.1) is 11.3 Å². The van der Waals surface area contributed by atoms with E-state index in [4.69, 9.17) is 4.74 Å². The highest BCUT2D eigenvalue weighted by molar-refractivity contribution is 7.91. The Morgan fingerprint density at radius 2 is 1.78 bits per heavy atom. The molecule has 2 aromatic rings. The van der Waals surface area contributed by atoms with Crippen molar-refractivity contribution in [1.29, 1.82) is 0 Å². The fraction of sp³-hybridized carbons (Fsp3) is 0.333. The van der Waals surface area contributed by atoms with Gasteiger partial charge in [-0.05, 0) is 43.7 Å². The fourth-order valence-corrected chi connectivity index (χ4v) is 4.75. The van der Waals surface area contributed by atoms with Crippen molar-refractivity contribution in [3.63, 3.8) is 0 Å². The average molecular weight is 411 g/mol. The maximum absolute atomic E-state index is 12.4. The van der Waals surface area contributed by atoms with Gasteiger partial charge in [-0.25, -0.2) is 8.42 Å². The van der Waals surface area contributed by atoms with Crippen molar-refractivity contribution in [3.8, 4) is 5.75 Å². The third-order valence-corrected chi connectivity index (χ3v) is 6.96. The highest BCUT2D eigenvalue weighted by atomic mass is 32.2. The molecule has 0 aliphatic heterocycles. The Kier molecular flexibility index (Phi) is 6.61. The van der Waals surface area contributed by atoms with E-state index >= 15 is 0 Å². The number of sulfone groups is 1. The minimum absolute atomic E-state index is 0.130. The summed E-state index contributed by atoms with van der Waals surface area (Å²) in [7, 11) is -0.588. The van der Waals surface area contributed by atoms with Crippen LogP contribution in [0.2, 0.25) is 0 Å². The molecule has 1 heterocycles. The molecular weight excluding hydrogens is 388 g/mol. The number of benzene rings is 1. The van der Waals surface area contributed by atoms with Crippen LogP contribution < -0.4 is 15.4 Å². The maximum Gasteiger partial charge on any atom is 0.254 e. The molecule has 0 saturated heterocycles. The summed E-state index contributed by atoms with van der Waals surface area (Å²) in [6, 6.07) is 6.00. The number of ether oxygens (including phenoxy) is 1. The average Bonchev–Trinajstić information content (AvgIpc) is 2.93. The Labute approximate surface area is 162 Å². The topological polar surface area (TPSA) is 102 Å². The van der Waals surface area contributed by atoms with Crippen molar-refractivity contribution < 1.29 is 22.7 Å². The van der Waals surface area contributed by atoms with Crippen molar-refractivity contribution in [3.05, 3.63) is 40.3 Å². The molecular formula is C18H22N2O5S2. The lowest BCUT2D eigenvalue weighted by atomic mass is 10.1. The summed E-state index contributed by atoms with van der Waals surface area (Å²) in [6.45, 7) is 3.66. The van der Waals surface area contributed by atoms with Crippen LogP contribution in [0.3, 0.4) is 0 Å². The van der Waals surface area contributed by atoms with E-state index in [0.29, 0.717) is 16.3 Å². The lowest BCUT2D eigenvalue weighted by molar-refractivity contribution is -0.115. The monoisotopic (exact) mass is 410 g/mol. The number of anilines is 1. The number of hydrogen-bond acceptors (Lipinski definition) is 6. The summed E-state index contributed by atoms with van der Waals surface area (Å²) in [4.78, 5) is 25.3. The molecule has 2 rings (SSSR count). The Bertz CT molecular complexity index is 947. The summed E-state index contributed by atoms with van der Waals surface area (Å²) < 4.78 is 29.8. The number of thiophene rings is 1. The molecule has 0 saturated carbocycles. The Hall–Kier alpha value is -2.39. The molecule has 1 aromatic heterocycles. The quantitative estimate of drug-likeness (QED) is 0.730. The van der Waals surface area contributed by atoms with Crippen molar-refractivity contribution >= 4 is 38.0 Å². The lowest BCUT2D eigenvalue weighted by Crippen LogP contribution is -2.22. The van der Waals surface area contributed by atoms with Gasteiger partial charge in [0.15, 0.2) is 9.84 Å². The van der Waals surface area contributed by atoms with Gasteiger partial charge in [0.05, 0.1) is 23.3 Å². The van der Waals surface area contributed by atoms with Crippen molar-refractivity contribution in [2.45, 2.75) is 25.2 Å². The molecule has 0 spiro atoms. The number of aryl methyl sites for hydroxylation is 1. The van der Waals surface area contributed by atoms with Crippen LogP contribution in [0, 0.1) is 13.8 Å². The zero-order chi connectivity index (χ0) is 20.2. The van der Waals surface area contributed by atoms with Gasteiger partial charge in [-0.3, -0.25) is 9.59 Å². The predicted molar refractivity (Wildman–Crippen MR) is 105 cm³/mol. The molecule has 1 aromatic carbocycles. The van der Waals surface area contributed by atoms with E-state index in [0.717, 1.165) is 10.4 Å². The molecule has 0 bridgehead atoms. The van der Waals surface area contributed by atoms with Crippen LogP contribution in [0.15, 0.2) is 29.2 Å². The highest BCUT2D eigenvalue weighted by Gasteiger charge is 2.21. The van der Waals surface area contributed by atoms with Gasteiger partial charge in [-0.2, -0.15) is 0 Å². The standard InChI is InChI=1S/C18H22N2O5S2/c1-11-12(2)26-18(16(11)17(22)19-3)20-15(21)9-10-27(23,24)14-7-5-13(25-4)6-8-14/h5-8H,9-10H2,1-4H3,(H,19,22)(H,20,21). The molecule has 0 atom stereocenters. The van der Waals surface area contributed by atoms with Gasteiger partial charge in [-0.1, -0.05) is 0 Å². The van der Waals surface area contributed by atoms with Crippen LogP contribution in [-0.2, 0) is 14.6 Å². The molecule has 27 heavy (non-hydrogen) atoms. The summed E-state index contributed by atoms with van der Waals surface area (Å²) in [5.41, 5.74) is 1.20. The summed E-state index contributed by atoms with van der Waals surface area (Å²) >= 11 is 1.29. The van der Waals surface area contributed by atoms with Crippen molar-refractivity contribution in [2.24, 2.45) is 0 Å². The summed E-state index contributed by atoms with van der Waals surface area (Å²) in [5, 5.41) is 5.64. The van der Waals surface area contributed by atoms with Crippen LogP contribution >= 0.6 is 11.3 Å². The van der Waals surface area contributed by atoms with E-state index in [2.05, 4.69) is 10.6 Å². The summed E-state index contributed by atoms with van der Waals surface area (Å²) in [5.74, 6) is -0.530. The normalized spacial score (nSPS) is 11.1. The molecule has 146 valence electrons. The molecule has 0 unspecified atom stereocenters. The number of methoxy groups -OCH3 is 1. The predicted octanol–water partition coefficient (Wildman–Crippen LogP) is 2.54. The number of carbonyl (C=O) groups is 2. The Morgan fingerprint density at radius 1 is 1.15 bits per heavy atom. The zero-order valence-electron chi connectivity index (χ0n) is 15.6. The van der Waals surface area contributed by atoms with Crippen LogP contribution in [-0.4, -0.2) is 40.1 Å². The largest absolute Gasteiger partial charge is 0.497 e. The van der Waals surface area contributed by atoms with Crippen LogP contribution in [0.5, 0.6) is 5.75 Å². The van der Waals surface area contributed by atoms with E-state index in [9.17, 15) is 18.0 Å². The fourth-order valence-electron chi connectivity index (χ4n) is 2.43. The van der Waals surface area contributed by atoms with Gasteiger partial charge in [0, 0.05) is 18.3 Å². The van der Waals surface area contributed by atoms with Crippen molar-refractivity contribution in [2.75, 3.05) is 25.2 Å². The minimum atomic E-state index is -3.60. The third kappa shape index (κ3) is 4.86. The van der Waals surface area contributed by atoms with Gasteiger partial charge < -0.3 is 15.4 Å². The summed E-state index contributed by atoms with van der Waals surface area (Å²) in [6.07, 6.45) is -0.211. The van der Waals surface area contributed by atoms with Gasteiger partial charge in [0.2, 0.25) is 5.91 Å². The number of hydrogen-bond donors (Lipinski definition) is 2. The highest BCUT2D eigenvalue weighted by Crippen LogP contribution is 2.32. The second kappa shape index (κ2) is 8.53. The molecule has 2 N–H and O–H groups in total. The van der Waals surface area contributed by atoms with E-state index in [1.54, 1.807) is 19.1 Å². The van der Waals surface area contributed by atoms with E-state index in [-0.39, 0.29) is 23.0 Å². The first kappa shape index (κ1) is 20.9. The van der Waals surface area contributed by atoms with Gasteiger partial charge >= 0.3 is 0 Å². The molecule has 0 radical (unpaired) electrons. The van der Waals surface area contributed by atoms with Crippen LogP contribution in [0.4, 0.5) is 5.00 Å².